The summed E-state index contributed by atoms with van der Waals surface area (Å²) in [6.45, 7) is 3.54. The van der Waals surface area contributed by atoms with Crippen molar-refractivity contribution < 1.29 is 9.53 Å². The number of hydrogen-bond acceptors (Lipinski definition) is 6. The van der Waals surface area contributed by atoms with Gasteiger partial charge in [-0.3, -0.25) is 9.89 Å². The molecule has 2 saturated heterocycles. The molecule has 4 rings (SSSR count). The number of hydrogen-bond donors (Lipinski definition) is 1. The number of aromatic amines is 1. The molecule has 2 aliphatic rings. The number of anilines is 1. The second kappa shape index (κ2) is 6.56. The quantitative estimate of drug-likeness (QED) is 0.905. The molecule has 1 atom stereocenters. The minimum absolute atomic E-state index is 0.0605. The van der Waals surface area contributed by atoms with Crippen molar-refractivity contribution >= 4 is 11.9 Å². The standard InChI is InChI=1S/C16H20N6O2/c23-15(13-4-6-18-20-13)22-9-10-24-14(11-22)12-3-5-17-16(19-12)21-7-1-2-8-21/h3-6,14H,1-2,7-11H2,(H,18,20)/t14-/m1/s1. The molecule has 0 aromatic carbocycles. The van der Waals surface area contributed by atoms with Gasteiger partial charge in [0, 0.05) is 32.0 Å². The molecule has 1 N–H and O–H groups in total. The summed E-state index contributed by atoms with van der Waals surface area (Å²) in [4.78, 5) is 25.5. The first-order chi connectivity index (χ1) is 11.8. The number of amides is 1. The minimum Gasteiger partial charge on any atom is -0.368 e. The Kier molecular flexibility index (Phi) is 4.12. The first-order valence-electron chi connectivity index (χ1n) is 8.29. The van der Waals surface area contributed by atoms with Gasteiger partial charge in [0.25, 0.3) is 5.91 Å². The van der Waals surface area contributed by atoms with E-state index in [4.69, 9.17) is 4.74 Å². The molecule has 24 heavy (non-hydrogen) atoms. The van der Waals surface area contributed by atoms with Crippen LogP contribution in [0, 0.1) is 0 Å². The predicted octanol–water partition coefficient (Wildman–Crippen LogP) is 1.01. The van der Waals surface area contributed by atoms with E-state index in [-0.39, 0.29) is 12.0 Å². The van der Waals surface area contributed by atoms with E-state index in [0.717, 1.165) is 24.7 Å². The molecular weight excluding hydrogens is 308 g/mol. The van der Waals surface area contributed by atoms with Gasteiger partial charge in [0.1, 0.15) is 11.8 Å². The molecule has 0 bridgehead atoms. The third kappa shape index (κ3) is 2.96. The molecular formula is C16H20N6O2. The van der Waals surface area contributed by atoms with Crippen LogP contribution in [0.4, 0.5) is 5.95 Å². The van der Waals surface area contributed by atoms with Gasteiger partial charge in [0.2, 0.25) is 5.95 Å². The monoisotopic (exact) mass is 328 g/mol. The maximum atomic E-state index is 12.5. The highest BCUT2D eigenvalue weighted by Gasteiger charge is 2.28. The first kappa shape index (κ1) is 15.1. The van der Waals surface area contributed by atoms with Crippen LogP contribution in [0.1, 0.15) is 35.1 Å². The van der Waals surface area contributed by atoms with Crippen molar-refractivity contribution in [2.24, 2.45) is 0 Å². The number of morpholine rings is 1. The van der Waals surface area contributed by atoms with E-state index in [1.54, 1.807) is 23.4 Å². The molecule has 1 amide bonds. The molecule has 2 aromatic heterocycles. The van der Waals surface area contributed by atoms with Crippen molar-refractivity contribution in [3.63, 3.8) is 0 Å². The lowest BCUT2D eigenvalue weighted by molar-refractivity contribution is -0.0249. The normalized spacial score (nSPS) is 21.2. The molecule has 0 spiro atoms. The molecule has 8 nitrogen and oxygen atoms in total. The summed E-state index contributed by atoms with van der Waals surface area (Å²) < 4.78 is 5.85. The van der Waals surface area contributed by atoms with Crippen molar-refractivity contribution in [2.45, 2.75) is 18.9 Å². The lowest BCUT2D eigenvalue weighted by Crippen LogP contribution is -2.42. The van der Waals surface area contributed by atoms with Gasteiger partial charge in [0.15, 0.2) is 0 Å². The maximum absolute atomic E-state index is 12.5. The van der Waals surface area contributed by atoms with Crippen LogP contribution in [-0.4, -0.2) is 63.8 Å². The van der Waals surface area contributed by atoms with E-state index in [2.05, 4.69) is 25.1 Å². The number of rotatable bonds is 3. The van der Waals surface area contributed by atoms with E-state index in [1.807, 2.05) is 6.07 Å². The predicted molar refractivity (Wildman–Crippen MR) is 86.7 cm³/mol. The molecule has 8 heteroatoms. The van der Waals surface area contributed by atoms with Gasteiger partial charge >= 0.3 is 0 Å². The summed E-state index contributed by atoms with van der Waals surface area (Å²) in [7, 11) is 0. The average molecular weight is 328 g/mol. The topological polar surface area (TPSA) is 87.2 Å². The Balaban J connectivity index is 1.49. The Morgan fingerprint density at radius 3 is 2.88 bits per heavy atom. The molecule has 2 aromatic rings. The Morgan fingerprint density at radius 2 is 2.08 bits per heavy atom. The first-order valence-corrected chi connectivity index (χ1v) is 8.29. The van der Waals surface area contributed by atoms with E-state index >= 15 is 0 Å². The number of nitrogens with one attached hydrogen (secondary N) is 1. The van der Waals surface area contributed by atoms with Crippen LogP contribution in [0.3, 0.4) is 0 Å². The van der Waals surface area contributed by atoms with Crippen molar-refractivity contribution in [1.29, 1.82) is 0 Å². The fourth-order valence-electron chi connectivity index (χ4n) is 3.17. The summed E-state index contributed by atoms with van der Waals surface area (Å²) in [5.74, 6) is 0.695. The Labute approximate surface area is 139 Å². The third-order valence-corrected chi connectivity index (χ3v) is 4.47. The number of H-pyrrole nitrogens is 1. The molecule has 2 fully saturated rings. The van der Waals surface area contributed by atoms with Crippen LogP contribution in [0.2, 0.25) is 0 Å². The molecule has 0 unspecified atom stereocenters. The van der Waals surface area contributed by atoms with E-state index in [1.165, 1.54) is 12.8 Å². The van der Waals surface area contributed by atoms with Gasteiger partial charge in [-0.05, 0) is 25.0 Å². The second-order valence-electron chi connectivity index (χ2n) is 6.06. The van der Waals surface area contributed by atoms with Crippen molar-refractivity contribution in [3.8, 4) is 0 Å². The molecule has 0 saturated carbocycles. The maximum Gasteiger partial charge on any atom is 0.272 e. The van der Waals surface area contributed by atoms with Crippen LogP contribution >= 0.6 is 0 Å². The average Bonchev–Trinajstić information content (AvgIpc) is 3.35. The van der Waals surface area contributed by atoms with Crippen molar-refractivity contribution in [2.75, 3.05) is 37.7 Å². The number of ether oxygens (including phenoxy) is 1. The van der Waals surface area contributed by atoms with E-state index in [0.29, 0.717) is 25.4 Å². The third-order valence-electron chi connectivity index (χ3n) is 4.47. The van der Waals surface area contributed by atoms with Gasteiger partial charge < -0.3 is 14.5 Å². The van der Waals surface area contributed by atoms with Gasteiger partial charge in [-0.25, -0.2) is 9.97 Å². The highest BCUT2D eigenvalue weighted by molar-refractivity contribution is 5.92. The summed E-state index contributed by atoms with van der Waals surface area (Å²) >= 11 is 0. The summed E-state index contributed by atoms with van der Waals surface area (Å²) in [5.41, 5.74) is 1.32. The number of carbonyl (C=O) groups is 1. The van der Waals surface area contributed by atoms with E-state index in [9.17, 15) is 4.79 Å². The number of carbonyl (C=O) groups excluding carboxylic acids is 1. The Bertz CT molecular complexity index is 698. The lowest BCUT2D eigenvalue weighted by Gasteiger charge is -2.32. The lowest BCUT2D eigenvalue weighted by atomic mass is 10.2. The number of nitrogens with zero attached hydrogens (tertiary/aromatic N) is 5. The molecule has 0 aliphatic carbocycles. The summed E-state index contributed by atoms with van der Waals surface area (Å²) in [5, 5.41) is 6.56. The largest absolute Gasteiger partial charge is 0.368 e. The SMILES string of the molecule is O=C(c1ccn[nH]1)N1CCO[C@@H](c2ccnc(N3CCCC3)n2)C1. The Morgan fingerprint density at radius 1 is 1.21 bits per heavy atom. The van der Waals surface area contributed by atoms with Gasteiger partial charge in [-0.2, -0.15) is 5.10 Å². The van der Waals surface area contributed by atoms with Crippen molar-refractivity contribution in [1.82, 2.24) is 25.1 Å². The zero-order chi connectivity index (χ0) is 16.4. The molecule has 2 aliphatic heterocycles. The smallest absolute Gasteiger partial charge is 0.272 e. The minimum atomic E-state index is -0.227. The van der Waals surface area contributed by atoms with Crippen LogP contribution in [0.25, 0.3) is 0 Å². The van der Waals surface area contributed by atoms with Crippen LogP contribution in [0.15, 0.2) is 24.5 Å². The molecule has 126 valence electrons. The fourth-order valence-corrected chi connectivity index (χ4v) is 3.17. The summed E-state index contributed by atoms with van der Waals surface area (Å²) in [6.07, 6.45) is 5.49. The molecule has 4 heterocycles. The van der Waals surface area contributed by atoms with Crippen LogP contribution in [0.5, 0.6) is 0 Å². The highest BCUT2D eigenvalue weighted by Crippen LogP contribution is 2.24. The van der Waals surface area contributed by atoms with E-state index < -0.39 is 0 Å². The summed E-state index contributed by atoms with van der Waals surface area (Å²) in [6, 6.07) is 3.55. The van der Waals surface area contributed by atoms with Gasteiger partial charge in [-0.1, -0.05) is 0 Å². The van der Waals surface area contributed by atoms with Crippen LogP contribution in [-0.2, 0) is 4.74 Å². The zero-order valence-electron chi connectivity index (χ0n) is 13.4. The Hall–Kier alpha value is -2.48. The molecule has 0 radical (unpaired) electrons. The van der Waals surface area contributed by atoms with Gasteiger partial charge in [0.05, 0.1) is 18.8 Å². The number of aromatic nitrogens is 4. The highest BCUT2D eigenvalue weighted by atomic mass is 16.5. The van der Waals surface area contributed by atoms with Gasteiger partial charge in [-0.15, -0.1) is 0 Å². The van der Waals surface area contributed by atoms with Crippen LogP contribution < -0.4 is 4.90 Å². The fraction of sp³-hybridized carbons (Fsp3) is 0.500. The van der Waals surface area contributed by atoms with Crippen molar-refractivity contribution in [3.05, 3.63) is 35.9 Å². The second-order valence-corrected chi connectivity index (χ2v) is 6.06. The zero-order valence-corrected chi connectivity index (χ0v) is 13.4.